The van der Waals surface area contributed by atoms with Crippen LogP contribution in [0.15, 0.2) is 11.4 Å². The Bertz CT molecular complexity index is 267. The molecule has 1 aliphatic carbocycles. The summed E-state index contributed by atoms with van der Waals surface area (Å²) in [5.41, 5.74) is 1.62. The van der Waals surface area contributed by atoms with Crippen molar-refractivity contribution in [1.82, 2.24) is 5.32 Å². The molecule has 0 saturated heterocycles. The first-order valence-electron chi connectivity index (χ1n) is 5.12. The van der Waals surface area contributed by atoms with E-state index >= 15 is 0 Å². The lowest BCUT2D eigenvalue weighted by Gasteiger charge is -2.13. The predicted molar refractivity (Wildman–Crippen MR) is 58.5 cm³/mol. The van der Waals surface area contributed by atoms with Crippen LogP contribution >= 0.6 is 11.3 Å². The zero-order valence-corrected chi connectivity index (χ0v) is 8.99. The van der Waals surface area contributed by atoms with E-state index in [9.17, 15) is 0 Å². The lowest BCUT2D eigenvalue weighted by atomic mass is 9.97. The molecule has 1 aliphatic rings. The van der Waals surface area contributed by atoms with Crippen LogP contribution in [0.1, 0.15) is 35.6 Å². The van der Waals surface area contributed by atoms with Gasteiger partial charge in [-0.1, -0.05) is 6.42 Å². The zero-order valence-electron chi connectivity index (χ0n) is 8.18. The van der Waals surface area contributed by atoms with Crippen molar-refractivity contribution in [2.24, 2.45) is 0 Å². The summed E-state index contributed by atoms with van der Waals surface area (Å²) in [5.74, 6) is 0.772. The summed E-state index contributed by atoms with van der Waals surface area (Å²) >= 11 is 1.94. The molecule has 0 amide bonds. The van der Waals surface area contributed by atoms with Gasteiger partial charge in [-0.15, -0.1) is 11.3 Å². The average molecular weight is 195 g/mol. The van der Waals surface area contributed by atoms with Crippen LogP contribution in [0.2, 0.25) is 0 Å². The second-order valence-electron chi connectivity index (χ2n) is 3.80. The molecule has 1 aromatic rings. The number of nitrogens with one attached hydrogen (secondary N) is 1. The quantitative estimate of drug-likeness (QED) is 0.716. The van der Waals surface area contributed by atoms with E-state index in [2.05, 4.69) is 23.8 Å². The second kappa shape index (κ2) is 4.25. The molecule has 13 heavy (non-hydrogen) atoms. The molecule has 0 aliphatic heterocycles. The molecule has 0 radical (unpaired) electrons. The van der Waals surface area contributed by atoms with Gasteiger partial charge in [-0.2, -0.15) is 0 Å². The van der Waals surface area contributed by atoms with Gasteiger partial charge in [-0.3, -0.25) is 0 Å². The minimum atomic E-state index is 0.772. The van der Waals surface area contributed by atoms with Gasteiger partial charge in [0.15, 0.2) is 0 Å². The number of hydrogen-bond donors (Lipinski definition) is 1. The van der Waals surface area contributed by atoms with Crippen LogP contribution in [0, 0.1) is 0 Å². The fourth-order valence-electron chi connectivity index (χ4n) is 2.21. The van der Waals surface area contributed by atoms with E-state index in [4.69, 9.17) is 0 Å². The Morgan fingerprint density at radius 3 is 3.31 bits per heavy atom. The SMILES string of the molecule is CNC[C@@H]1CCCCc2sccc21. The van der Waals surface area contributed by atoms with Crippen molar-refractivity contribution in [2.45, 2.75) is 31.6 Å². The van der Waals surface area contributed by atoms with Gasteiger partial charge >= 0.3 is 0 Å². The molecule has 1 atom stereocenters. The highest BCUT2D eigenvalue weighted by Gasteiger charge is 2.18. The van der Waals surface area contributed by atoms with Gasteiger partial charge in [0.1, 0.15) is 0 Å². The van der Waals surface area contributed by atoms with Crippen molar-refractivity contribution in [1.29, 1.82) is 0 Å². The fourth-order valence-corrected chi connectivity index (χ4v) is 3.22. The number of aryl methyl sites for hydroxylation is 1. The third kappa shape index (κ3) is 1.94. The van der Waals surface area contributed by atoms with Crippen LogP contribution in [0.5, 0.6) is 0 Å². The summed E-state index contributed by atoms with van der Waals surface area (Å²) in [6.45, 7) is 1.14. The Labute approximate surface area is 84.2 Å². The van der Waals surface area contributed by atoms with Crippen LogP contribution in [-0.4, -0.2) is 13.6 Å². The molecule has 1 nitrogen and oxygen atoms in total. The molecular formula is C11H17NS. The van der Waals surface area contributed by atoms with Gasteiger partial charge in [0.2, 0.25) is 0 Å². The lowest BCUT2D eigenvalue weighted by molar-refractivity contribution is 0.565. The fraction of sp³-hybridized carbons (Fsp3) is 0.636. The van der Waals surface area contributed by atoms with Crippen LogP contribution in [-0.2, 0) is 6.42 Å². The Kier molecular flexibility index (Phi) is 3.01. The highest BCUT2D eigenvalue weighted by Crippen LogP contribution is 2.33. The molecule has 1 aromatic heterocycles. The van der Waals surface area contributed by atoms with Gasteiger partial charge in [0, 0.05) is 11.4 Å². The van der Waals surface area contributed by atoms with Gasteiger partial charge in [-0.05, 0) is 49.2 Å². The first-order valence-corrected chi connectivity index (χ1v) is 6.00. The molecule has 0 aromatic carbocycles. The summed E-state index contributed by atoms with van der Waals surface area (Å²) in [4.78, 5) is 1.64. The third-order valence-corrected chi connectivity index (χ3v) is 3.87. The first-order chi connectivity index (χ1) is 6.42. The van der Waals surface area contributed by atoms with Crippen LogP contribution in [0.25, 0.3) is 0 Å². The molecule has 0 bridgehead atoms. The van der Waals surface area contributed by atoms with Crippen molar-refractivity contribution >= 4 is 11.3 Å². The maximum absolute atomic E-state index is 3.30. The van der Waals surface area contributed by atoms with Crippen molar-refractivity contribution in [3.05, 3.63) is 21.9 Å². The van der Waals surface area contributed by atoms with Crippen LogP contribution < -0.4 is 5.32 Å². The topological polar surface area (TPSA) is 12.0 Å². The number of hydrogen-bond acceptors (Lipinski definition) is 2. The normalized spacial score (nSPS) is 22.4. The highest BCUT2D eigenvalue weighted by atomic mass is 32.1. The van der Waals surface area contributed by atoms with E-state index in [-0.39, 0.29) is 0 Å². The summed E-state index contributed by atoms with van der Waals surface area (Å²) in [6.07, 6.45) is 5.46. The minimum Gasteiger partial charge on any atom is -0.319 e. The molecule has 2 heteroatoms. The third-order valence-electron chi connectivity index (χ3n) is 2.88. The molecule has 0 spiro atoms. The van der Waals surface area contributed by atoms with Crippen molar-refractivity contribution in [2.75, 3.05) is 13.6 Å². The number of fused-ring (bicyclic) bond motifs is 1. The number of likely N-dealkylation sites (N-methyl/N-ethyl adjacent to an activating group) is 1. The minimum absolute atomic E-state index is 0.772. The van der Waals surface area contributed by atoms with E-state index in [1.807, 2.05) is 11.3 Å². The van der Waals surface area contributed by atoms with E-state index in [0.29, 0.717) is 0 Å². The highest BCUT2D eigenvalue weighted by molar-refractivity contribution is 7.10. The summed E-state index contributed by atoms with van der Waals surface area (Å²) in [6, 6.07) is 2.33. The monoisotopic (exact) mass is 195 g/mol. The molecular weight excluding hydrogens is 178 g/mol. The van der Waals surface area contributed by atoms with Crippen molar-refractivity contribution < 1.29 is 0 Å². The van der Waals surface area contributed by atoms with Crippen LogP contribution in [0.3, 0.4) is 0 Å². The first kappa shape index (κ1) is 9.22. The number of thiophene rings is 1. The standard InChI is InChI=1S/C11H17NS/c1-12-8-9-4-2-3-5-11-10(9)6-7-13-11/h6-7,9,12H,2-5,8H2,1H3/t9-/m0/s1. The van der Waals surface area contributed by atoms with Gasteiger partial charge in [0.05, 0.1) is 0 Å². The number of rotatable bonds is 2. The van der Waals surface area contributed by atoms with E-state index in [1.54, 1.807) is 10.4 Å². The Morgan fingerprint density at radius 2 is 2.46 bits per heavy atom. The Hall–Kier alpha value is -0.340. The molecule has 0 saturated carbocycles. The summed E-state index contributed by atoms with van der Waals surface area (Å²) < 4.78 is 0. The van der Waals surface area contributed by atoms with Gasteiger partial charge < -0.3 is 5.32 Å². The summed E-state index contributed by atoms with van der Waals surface area (Å²) in [5, 5.41) is 5.55. The molecule has 1 N–H and O–H groups in total. The lowest BCUT2D eigenvalue weighted by Crippen LogP contribution is -2.16. The Balaban J connectivity index is 2.20. The Morgan fingerprint density at radius 1 is 1.54 bits per heavy atom. The molecule has 0 unspecified atom stereocenters. The van der Waals surface area contributed by atoms with E-state index < -0.39 is 0 Å². The zero-order chi connectivity index (χ0) is 9.10. The van der Waals surface area contributed by atoms with Gasteiger partial charge in [0.25, 0.3) is 0 Å². The van der Waals surface area contributed by atoms with Crippen molar-refractivity contribution in [3.8, 4) is 0 Å². The second-order valence-corrected chi connectivity index (χ2v) is 4.80. The smallest absolute Gasteiger partial charge is 0.00805 e. The average Bonchev–Trinajstić information content (AvgIpc) is 2.52. The molecule has 1 heterocycles. The molecule has 0 fully saturated rings. The predicted octanol–water partition coefficient (Wildman–Crippen LogP) is 2.78. The van der Waals surface area contributed by atoms with E-state index in [1.165, 1.54) is 25.7 Å². The molecule has 2 rings (SSSR count). The van der Waals surface area contributed by atoms with Crippen LogP contribution in [0.4, 0.5) is 0 Å². The van der Waals surface area contributed by atoms with E-state index in [0.717, 1.165) is 12.5 Å². The van der Waals surface area contributed by atoms with Gasteiger partial charge in [-0.25, -0.2) is 0 Å². The molecule has 72 valence electrons. The van der Waals surface area contributed by atoms with Crippen molar-refractivity contribution in [3.63, 3.8) is 0 Å². The maximum Gasteiger partial charge on any atom is 0.00805 e. The maximum atomic E-state index is 3.30. The largest absolute Gasteiger partial charge is 0.319 e. The summed E-state index contributed by atoms with van der Waals surface area (Å²) in [7, 11) is 2.05.